The van der Waals surface area contributed by atoms with Crippen molar-refractivity contribution in [2.45, 2.75) is 19.3 Å². The minimum absolute atomic E-state index is 0.187. The van der Waals surface area contributed by atoms with Crippen LogP contribution in [0.15, 0.2) is 18.2 Å². The number of amides is 1. The highest BCUT2D eigenvalue weighted by Gasteiger charge is 2.41. The van der Waals surface area contributed by atoms with Gasteiger partial charge in [-0.1, -0.05) is 29.3 Å². The van der Waals surface area contributed by atoms with E-state index >= 15 is 0 Å². The van der Waals surface area contributed by atoms with Crippen LogP contribution in [0.3, 0.4) is 0 Å². The molecular formula is C15H18Cl2N2O. The first-order valence-electron chi connectivity index (χ1n) is 7.00. The van der Waals surface area contributed by atoms with Crippen molar-refractivity contribution in [3.8, 4) is 0 Å². The molecule has 1 spiro atoms. The smallest absolute Gasteiger partial charge is 0.227 e. The summed E-state index contributed by atoms with van der Waals surface area (Å²) < 4.78 is 0. The molecule has 1 atom stereocenters. The van der Waals surface area contributed by atoms with Gasteiger partial charge in [0.15, 0.2) is 0 Å². The molecule has 0 saturated carbocycles. The third kappa shape index (κ3) is 2.80. The molecule has 1 unspecified atom stereocenters. The number of rotatable bonds is 2. The molecule has 1 aromatic carbocycles. The minimum Gasteiger partial charge on any atom is -0.342 e. The summed E-state index contributed by atoms with van der Waals surface area (Å²) in [6, 6.07) is 5.40. The van der Waals surface area contributed by atoms with Crippen LogP contribution in [0.4, 0.5) is 0 Å². The maximum Gasteiger partial charge on any atom is 0.227 e. The number of carbonyl (C=O) groups is 1. The van der Waals surface area contributed by atoms with E-state index in [0.717, 1.165) is 38.2 Å². The Balaban J connectivity index is 1.63. The topological polar surface area (TPSA) is 32.3 Å². The fourth-order valence-corrected chi connectivity index (χ4v) is 3.55. The molecule has 1 aromatic rings. The lowest BCUT2D eigenvalue weighted by Crippen LogP contribution is -2.34. The number of halogens is 2. The van der Waals surface area contributed by atoms with Crippen molar-refractivity contribution in [1.82, 2.24) is 10.2 Å². The van der Waals surface area contributed by atoms with Crippen LogP contribution in [0.25, 0.3) is 0 Å². The molecule has 2 aliphatic heterocycles. The molecule has 0 bridgehead atoms. The number of carbonyl (C=O) groups excluding carboxylic acids is 1. The zero-order valence-corrected chi connectivity index (χ0v) is 12.8. The summed E-state index contributed by atoms with van der Waals surface area (Å²) in [5, 5.41) is 4.44. The summed E-state index contributed by atoms with van der Waals surface area (Å²) in [5.41, 5.74) is 1.25. The van der Waals surface area contributed by atoms with Gasteiger partial charge in [0.2, 0.25) is 5.91 Å². The molecule has 2 fully saturated rings. The SMILES string of the molecule is O=C(Cc1ccc(Cl)c(Cl)c1)N1CCC2(CCNC2)C1. The first-order valence-corrected chi connectivity index (χ1v) is 7.76. The zero-order chi connectivity index (χ0) is 14.2. The molecule has 2 heterocycles. The largest absolute Gasteiger partial charge is 0.342 e. The molecule has 5 heteroatoms. The van der Waals surface area contributed by atoms with E-state index < -0.39 is 0 Å². The highest BCUT2D eigenvalue weighted by Crippen LogP contribution is 2.36. The van der Waals surface area contributed by atoms with Crippen LogP contribution in [0, 0.1) is 5.41 Å². The maximum atomic E-state index is 12.4. The van der Waals surface area contributed by atoms with Crippen LogP contribution in [0.5, 0.6) is 0 Å². The Kier molecular flexibility index (Phi) is 3.93. The first-order chi connectivity index (χ1) is 9.58. The highest BCUT2D eigenvalue weighted by molar-refractivity contribution is 6.42. The fraction of sp³-hybridized carbons (Fsp3) is 0.533. The van der Waals surface area contributed by atoms with Crippen LogP contribution in [0.1, 0.15) is 18.4 Å². The van der Waals surface area contributed by atoms with Crippen molar-refractivity contribution in [2.24, 2.45) is 5.41 Å². The van der Waals surface area contributed by atoms with E-state index in [9.17, 15) is 4.79 Å². The van der Waals surface area contributed by atoms with E-state index in [4.69, 9.17) is 23.2 Å². The predicted octanol–water partition coefficient (Wildman–Crippen LogP) is 2.75. The molecule has 1 amide bonds. The van der Waals surface area contributed by atoms with Crippen molar-refractivity contribution in [3.63, 3.8) is 0 Å². The predicted molar refractivity (Wildman–Crippen MR) is 81.3 cm³/mol. The van der Waals surface area contributed by atoms with Gasteiger partial charge in [0.05, 0.1) is 16.5 Å². The summed E-state index contributed by atoms with van der Waals surface area (Å²) in [4.78, 5) is 14.4. The van der Waals surface area contributed by atoms with E-state index in [1.54, 1.807) is 12.1 Å². The van der Waals surface area contributed by atoms with Crippen molar-refractivity contribution >= 4 is 29.1 Å². The average molecular weight is 313 g/mol. The summed E-state index contributed by atoms with van der Waals surface area (Å²) >= 11 is 11.9. The second-order valence-corrected chi connectivity index (χ2v) is 6.73. The quantitative estimate of drug-likeness (QED) is 0.910. The molecule has 3 nitrogen and oxygen atoms in total. The van der Waals surface area contributed by atoms with Gasteiger partial charge in [-0.3, -0.25) is 4.79 Å². The van der Waals surface area contributed by atoms with E-state index in [1.807, 2.05) is 11.0 Å². The molecule has 2 aliphatic rings. The molecule has 0 aliphatic carbocycles. The first kappa shape index (κ1) is 14.2. The van der Waals surface area contributed by atoms with E-state index in [0.29, 0.717) is 21.9 Å². The molecular weight excluding hydrogens is 295 g/mol. The Bertz CT molecular complexity index is 527. The number of hydrogen-bond donors (Lipinski definition) is 1. The lowest BCUT2D eigenvalue weighted by atomic mass is 9.86. The number of benzene rings is 1. The second-order valence-electron chi connectivity index (χ2n) is 5.92. The Morgan fingerprint density at radius 3 is 2.85 bits per heavy atom. The second kappa shape index (κ2) is 5.55. The van der Waals surface area contributed by atoms with Crippen molar-refractivity contribution < 1.29 is 4.79 Å². The molecule has 2 saturated heterocycles. The van der Waals surface area contributed by atoms with Gasteiger partial charge in [0, 0.05) is 25.0 Å². The third-order valence-corrected chi connectivity index (χ3v) is 5.20. The molecule has 3 rings (SSSR count). The molecule has 20 heavy (non-hydrogen) atoms. The number of likely N-dealkylation sites (tertiary alicyclic amines) is 1. The van der Waals surface area contributed by atoms with Crippen molar-refractivity contribution in [3.05, 3.63) is 33.8 Å². The summed E-state index contributed by atoms with van der Waals surface area (Å²) in [5.74, 6) is 0.187. The molecule has 1 N–H and O–H groups in total. The van der Waals surface area contributed by atoms with Crippen molar-refractivity contribution in [2.75, 3.05) is 26.2 Å². The van der Waals surface area contributed by atoms with E-state index in [2.05, 4.69) is 5.32 Å². The summed E-state index contributed by atoms with van der Waals surface area (Å²) in [7, 11) is 0. The number of hydrogen-bond acceptors (Lipinski definition) is 2. The van der Waals surface area contributed by atoms with Crippen LogP contribution < -0.4 is 5.32 Å². The van der Waals surface area contributed by atoms with Gasteiger partial charge in [-0.2, -0.15) is 0 Å². The normalized spacial score (nSPS) is 25.6. The van der Waals surface area contributed by atoms with Crippen LogP contribution in [-0.4, -0.2) is 37.0 Å². The highest BCUT2D eigenvalue weighted by atomic mass is 35.5. The molecule has 0 aromatic heterocycles. The zero-order valence-electron chi connectivity index (χ0n) is 11.3. The summed E-state index contributed by atoms with van der Waals surface area (Å²) in [6.45, 7) is 3.89. The van der Waals surface area contributed by atoms with Crippen LogP contribution >= 0.6 is 23.2 Å². The van der Waals surface area contributed by atoms with Gasteiger partial charge in [0.25, 0.3) is 0 Å². The third-order valence-electron chi connectivity index (χ3n) is 4.46. The monoisotopic (exact) mass is 312 g/mol. The Morgan fingerprint density at radius 2 is 2.15 bits per heavy atom. The Hall–Kier alpha value is -0.770. The van der Waals surface area contributed by atoms with Crippen molar-refractivity contribution in [1.29, 1.82) is 0 Å². The Labute approximate surface area is 129 Å². The number of nitrogens with zero attached hydrogens (tertiary/aromatic N) is 1. The lowest BCUT2D eigenvalue weighted by Gasteiger charge is -2.22. The minimum atomic E-state index is 0.187. The number of nitrogens with one attached hydrogen (secondary N) is 1. The van der Waals surface area contributed by atoms with Crippen LogP contribution in [0.2, 0.25) is 10.0 Å². The van der Waals surface area contributed by atoms with Gasteiger partial charge in [0.1, 0.15) is 0 Å². The maximum absolute atomic E-state index is 12.4. The Morgan fingerprint density at radius 1 is 1.30 bits per heavy atom. The molecule has 0 radical (unpaired) electrons. The average Bonchev–Trinajstić information content (AvgIpc) is 3.05. The van der Waals surface area contributed by atoms with E-state index in [1.165, 1.54) is 6.42 Å². The van der Waals surface area contributed by atoms with Crippen LogP contribution in [-0.2, 0) is 11.2 Å². The van der Waals surface area contributed by atoms with Gasteiger partial charge in [-0.15, -0.1) is 0 Å². The fourth-order valence-electron chi connectivity index (χ4n) is 3.23. The lowest BCUT2D eigenvalue weighted by molar-refractivity contribution is -0.129. The van der Waals surface area contributed by atoms with Gasteiger partial charge in [-0.05, 0) is 37.1 Å². The van der Waals surface area contributed by atoms with Gasteiger partial charge < -0.3 is 10.2 Å². The molecule has 108 valence electrons. The van der Waals surface area contributed by atoms with Gasteiger partial charge >= 0.3 is 0 Å². The van der Waals surface area contributed by atoms with Gasteiger partial charge in [-0.25, -0.2) is 0 Å². The summed E-state index contributed by atoms with van der Waals surface area (Å²) in [6.07, 6.45) is 2.71. The standard InChI is InChI=1S/C15H18Cl2N2O/c16-12-2-1-11(7-13(12)17)8-14(20)19-6-4-15(10-19)3-5-18-9-15/h1-2,7,18H,3-6,8-10H2. The van der Waals surface area contributed by atoms with E-state index in [-0.39, 0.29) is 5.91 Å².